The molecule has 0 aromatic heterocycles. The fourth-order valence-electron chi connectivity index (χ4n) is 1.97. The minimum Gasteiger partial charge on any atom is -0.465 e. The number of carbonyl (C=O) groups excluding carboxylic acids is 1. The highest BCUT2D eigenvalue weighted by Crippen LogP contribution is 2.27. The van der Waals surface area contributed by atoms with Crippen LogP contribution in [0.3, 0.4) is 0 Å². The van der Waals surface area contributed by atoms with Crippen molar-refractivity contribution < 1.29 is 9.53 Å². The summed E-state index contributed by atoms with van der Waals surface area (Å²) in [4.78, 5) is 11.3. The molecule has 2 N–H and O–H groups in total. The van der Waals surface area contributed by atoms with E-state index in [1.54, 1.807) is 0 Å². The minimum atomic E-state index is -0.451. The van der Waals surface area contributed by atoms with Crippen LogP contribution >= 0.6 is 11.8 Å². The van der Waals surface area contributed by atoms with E-state index in [-0.39, 0.29) is 5.97 Å². The third kappa shape index (κ3) is 5.21. The van der Waals surface area contributed by atoms with Gasteiger partial charge in [0.1, 0.15) is 6.04 Å². The average molecular weight is 245 g/mol. The zero-order valence-corrected chi connectivity index (χ0v) is 10.9. The first kappa shape index (κ1) is 13.8. The number of esters is 1. The van der Waals surface area contributed by atoms with E-state index in [1.807, 2.05) is 18.7 Å². The van der Waals surface area contributed by atoms with Gasteiger partial charge in [0.2, 0.25) is 0 Å². The van der Waals surface area contributed by atoms with Crippen LogP contribution in [0.5, 0.6) is 0 Å². The third-order valence-electron chi connectivity index (χ3n) is 2.90. The molecule has 4 heteroatoms. The van der Waals surface area contributed by atoms with Gasteiger partial charge in [0.25, 0.3) is 0 Å². The van der Waals surface area contributed by atoms with Crippen LogP contribution in [0, 0.1) is 0 Å². The molecule has 1 atom stereocenters. The molecule has 1 aliphatic rings. The van der Waals surface area contributed by atoms with Crippen molar-refractivity contribution in [2.75, 3.05) is 12.4 Å². The molecule has 0 saturated heterocycles. The molecule has 0 bridgehead atoms. The van der Waals surface area contributed by atoms with Crippen molar-refractivity contribution in [2.45, 2.75) is 56.7 Å². The van der Waals surface area contributed by atoms with Crippen molar-refractivity contribution >= 4 is 17.7 Å². The molecule has 94 valence electrons. The molecule has 0 amide bonds. The standard InChI is InChI=1S/C12H23NO2S/c1-2-15-12(14)11(13)9-16-10-7-5-3-4-6-8-10/h10-11H,2-9,13H2,1H3. The Morgan fingerprint density at radius 3 is 2.56 bits per heavy atom. The quantitative estimate of drug-likeness (QED) is 0.596. The molecule has 1 aliphatic carbocycles. The van der Waals surface area contributed by atoms with Crippen molar-refractivity contribution in [2.24, 2.45) is 5.73 Å². The lowest BCUT2D eigenvalue weighted by Crippen LogP contribution is -2.35. The highest BCUT2D eigenvalue weighted by molar-refractivity contribution is 7.99. The Balaban J connectivity index is 2.19. The average Bonchev–Trinajstić information content (AvgIpc) is 2.54. The van der Waals surface area contributed by atoms with E-state index >= 15 is 0 Å². The van der Waals surface area contributed by atoms with E-state index < -0.39 is 6.04 Å². The van der Waals surface area contributed by atoms with E-state index in [2.05, 4.69) is 0 Å². The Labute approximate surface area is 102 Å². The topological polar surface area (TPSA) is 52.3 Å². The number of hydrogen-bond acceptors (Lipinski definition) is 4. The largest absolute Gasteiger partial charge is 0.465 e. The molecular formula is C12H23NO2S. The predicted molar refractivity (Wildman–Crippen MR) is 68.6 cm³/mol. The Hall–Kier alpha value is -0.220. The summed E-state index contributed by atoms with van der Waals surface area (Å²) in [5, 5.41) is 0.697. The van der Waals surface area contributed by atoms with Gasteiger partial charge in [0, 0.05) is 11.0 Å². The zero-order valence-electron chi connectivity index (χ0n) is 10.1. The fraction of sp³-hybridized carbons (Fsp3) is 0.917. The fourth-order valence-corrected chi connectivity index (χ4v) is 3.25. The van der Waals surface area contributed by atoms with Crippen molar-refractivity contribution in [3.05, 3.63) is 0 Å². The van der Waals surface area contributed by atoms with Gasteiger partial charge in [-0.15, -0.1) is 0 Å². The normalized spacial score (nSPS) is 20.1. The van der Waals surface area contributed by atoms with Gasteiger partial charge in [-0.1, -0.05) is 25.7 Å². The summed E-state index contributed by atoms with van der Waals surface area (Å²) in [7, 11) is 0. The number of ether oxygens (including phenoxy) is 1. The van der Waals surface area contributed by atoms with Crippen molar-refractivity contribution in [1.29, 1.82) is 0 Å². The summed E-state index contributed by atoms with van der Waals surface area (Å²) in [6.45, 7) is 2.23. The van der Waals surface area contributed by atoms with Crippen molar-refractivity contribution in [3.8, 4) is 0 Å². The van der Waals surface area contributed by atoms with Gasteiger partial charge in [-0.2, -0.15) is 11.8 Å². The number of nitrogens with two attached hydrogens (primary N) is 1. The van der Waals surface area contributed by atoms with Crippen LogP contribution in [0.15, 0.2) is 0 Å². The number of rotatable bonds is 5. The first-order valence-electron chi connectivity index (χ1n) is 6.28. The van der Waals surface area contributed by atoms with Gasteiger partial charge in [-0.3, -0.25) is 4.79 Å². The summed E-state index contributed by atoms with van der Waals surface area (Å²) in [5.41, 5.74) is 5.76. The molecule has 0 aliphatic heterocycles. The molecule has 0 aromatic rings. The van der Waals surface area contributed by atoms with E-state index in [1.165, 1.54) is 38.5 Å². The Morgan fingerprint density at radius 2 is 2.00 bits per heavy atom. The minimum absolute atomic E-state index is 0.261. The molecule has 1 fully saturated rings. The molecule has 0 aromatic carbocycles. The maximum atomic E-state index is 11.3. The second-order valence-electron chi connectivity index (χ2n) is 4.31. The SMILES string of the molecule is CCOC(=O)C(N)CSC1CCCCCC1. The molecule has 0 spiro atoms. The van der Waals surface area contributed by atoms with Crippen LogP contribution in [0.25, 0.3) is 0 Å². The number of hydrogen-bond donors (Lipinski definition) is 1. The smallest absolute Gasteiger partial charge is 0.323 e. The first-order chi connectivity index (χ1) is 7.74. The first-order valence-corrected chi connectivity index (χ1v) is 7.32. The summed E-state index contributed by atoms with van der Waals surface area (Å²) in [6.07, 6.45) is 7.93. The third-order valence-corrected chi connectivity index (χ3v) is 4.40. The van der Waals surface area contributed by atoms with E-state index in [0.717, 1.165) is 0 Å². The van der Waals surface area contributed by atoms with E-state index in [4.69, 9.17) is 10.5 Å². The zero-order chi connectivity index (χ0) is 11.8. The van der Waals surface area contributed by atoms with Crippen molar-refractivity contribution in [3.63, 3.8) is 0 Å². The monoisotopic (exact) mass is 245 g/mol. The Bertz CT molecular complexity index is 203. The van der Waals surface area contributed by atoms with Crippen LogP contribution in [0.2, 0.25) is 0 Å². The molecule has 0 radical (unpaired) electrons. The van der Waals surface area contributed by atoms with Crippen molar-refractivity contribution in [1.82, 2.24) is 0 Å². The summed E-state index contributed by atoms with van der Waals surface area (Å²) in [6, 6.07) is -0.451. The Kier molecular flexibility index (Phi) is 6.88. The summed E-state index contributed by atoms with van der Waals surface area (Å²) >= 11 is 1.85. The molecule has 1 rings (SSSR count). The van der Waals surface area contributed by atoms with Crippen LogP contribution in [-0.2, 0) is 9.53 Å². The lowest BCUT2D eigenvalue weighted by molar-refractivity contribution is -0.144. The molecule has 3 nitrogen and oxygen atoms in total. The lowest BCUT2D eigenvalue weighted by Gasteiger charge is -2.16. The summed E-state index contributed by atoms with van der Waals surface area (Å²) in [5.74, 6) is 0.437. The number of carbonyl (C=O) groups is 1. The van der Waals surface area contributed by atoms with Gasteiger partial charge in [0.05, 0.1) is 6.61 Å². The van der Waals surface area contributed by atoms with E-state index in [9.17, 15) is 4.79 Å². The maximum Gasteiger partial charge on any atom is 0.323 e. The summed E-state index contributed by atoms with van der Waals surface area (Å²) < 4.78 is 4.89. The van der Waals surface area contributed by atoms with Gasteiger partial charge >= 0.3 is 5.97 Å². The highest BCUT2D eigenvalue weighted by Gasteiger charge is 2.18. The van der Waals surface area contributed by atoms with Crippen LogP contribution in [0.4, 0.5) is 0 Å². The van der Waals surface area contributed by atoms with Crippen LogP contribution in [-0.4, -0.2) is 29.6 Å². The molecule has 16 heavy (non-hydrogen) atoms. The second kappa shape index (κ2) is 7.96. The van der Waals surface area contributed by atoms with Gasteiger partial charge in [0.15, 0.2) is 0 Å². The maximum absolute atomic E-state index is 11.3. The molecule has 0 heterocycles. The Morgan fingerprint density at radius 1 is 1.38 bits per heavy atom. The van der Waals surface area contributed by atoms with E-state index in [0.29, 0.717) is 17.6 Å². The van der Waals surface area contributed by atoms with Crippen LogP contribution in [0.1, 0.15) is 45.4 Å². The number of thioether (sulfide) groups is 1. The van der Waals surface area contributed by atoms with Gasteiger partial charge in [-0.25, -0.2) is 0 Å². The molecular weight excluding hydrogens is 222 g/mol. The molecule has 1 saturated carbocycles. The highest BCUT2D eigenvalue weighted by atomic mass is 32.2. The predicted octanol–water partition coefficient (Wildman–Crippen LogP) is 2.33. The van der Waals surface area contributed by atoms with Gasteiger partial charge < -0.3 is 10.5 Å². The molecule has 1 unspecified atom stereocenters. The van der Waals surface area contributed by atoms with Crippen LogP contribution < -0.4 is 5.73 Å². The van der Waals surface area contributed by atoms with Gasteiger partial charge in [-0.05, 0) is 19.8 Å². The lowest BCUT2D eigenvalue weighted by atomic mass is 10.2. The second-order valence-corrected chi connectivity index (χ2v) is 5.64.